The van der Waals surface area contributed by atoms with E-state index in [1.165, 1.54) is 17.0 Å². The summed E-state index contributed by atoms with van der Waals surface area (Å²) in [6.45, 7) is 0.477. The van der Waals surface area contributed by atoms with Crippen molar-refractivity contribution in [2.45, 2.75) is 6.54 Å². The molecule has 0 saturated heterocycles. The van der Waals surface area contributed by atoms with Crippen LogP contribution >= 0.6 is 27.5 Å². The minimum absolute atomic E-state index is 0.157. The average molecular weight is 300 g/mol. The lowest BCUT2D eigenvalue weighted by molar-refractivity contribution is 0.734. The molecule has 2 rings (SSSR count). The monoisotopic (exact) mass is 298 g/mol. The first kappa shape index (κ1) is 11.4. The zero-order chi connectivity index (χ0) is 11.5. The Labute approximate surface area is 106 Å². The Morgan fingerprint density at radius 2 is 2.12 bits per heavy atom. The first-order valence-corrected chi connectivity index (χ1v) is 5.79. The molecule has 0 saturated carbocycles. The van der Waals surface area contributed by atoms with Crippen LogP contribution in [0.15, 0.2) is 45.9 Å². The molecule has 16 heavy (non-hydrogen) atoms. The average Bonchev–Trinajstić information content (AvgIpc) is 2.25. The first-order valence-electron chi connectivity index (χ1n) is 4.62. The fraction of sp³-hybridized carbons (Fsp3) is 0.0909. The fourth-order valence-corrected chi connectivity index (χ4v) is 1.88. The second-order valence-corrected chi connectivity index (χ2v) is 4.51. The first-order chi connectivity index (χ1) is 7.66. The number of hydrogen-bond donors (Lipinski definition) is 0. The van der Waals surface area contributed by atoms with Gasteiger partial charge in [-0.15, -0.1) is 0 Å². The van der Waals surface area contributed by atoms with Crippen molar-refractivity contribution in [1.82, 2.24) is 9.55 Å². The summed E-state index contributed by atoms with van der Waals surface area (Å²) in [6, 6.07) is 9.04. The molecular formula is C11H8BrClN2O. The van der Waals surface area contributed by atoms with Gasteiger partial charge in [0, 0.05) is 10.5 Å². The van der Waals surface area contributed by atoms with Crippen LogP contribution in [0, 0.1) is 0 Å². The molecule has 1 aromatic heterocycles. The van der Waals surface area contributed by atoms with Crippen LogP contribution < -0.4 is 5.56 Å². The predicted octanol–water partition coefficient (Wildman–Crippen LogP) is 2.71. The molecule has 0 amide bonds. The van der Waals surface area contributed by atoms with E-state index in [9.17, 15) is 4.79 Å². The summed E-state index contributed by atoms with van der Waals surface area (Å²) in [5.41, 5.74) is 0.865. The molecule has 5 heteroatoms. The third-order valence-electron chi connectivity index (χ3n) is 2.14. The highest BCUT2D eigenvalue weighted by atomic mass is 79.9. The molecule has 82 valence electrons. The Bertz CT molecular complexity index is 568. The maximum absolute atomic E-state index is 11.6. The van der Waals surface area contributed by atoms with Crippen molar-refractivity contribution in [1.29, 1.82) is 0 Å². The minimum atomic E-state index is -0.157. The maximum Gasteiger partial charge on any atom is 0.255 e. The van der Waals surface area contributed by atoms with E-state index < -0.39 is 0 Å². The summed E-state index contributed by atoms with van der Waals surface area (Å²) in [7, 11) is 0. The Morgan fingerprint density at radius 3 is 2.81 bits per heavy atom. The van der Waals surface area contributed by atoms with Gasteiger partial charge in [-0.3, -0.25) is 9.36 Å². The molecule has 0 atom stereocenters. The van der Waals surface area contributed by atoms with Gasteiger partial charge in [-0.25, -0.2) is 4.98 Å². The van der Waals surface area contributed by atoms with E-state index in [1.54, 1.807) is 0 Å². The van der Waals surface area contributed by atoms with E-state index in [2.05, 4.69) is 20.9 Å². The number of rotatable bonds is 2. The van der Waals surface area contributed by atoms with Crippen LogP contribution in [-0.2, 0) is 6.54 Å². The number of aromatic nitrogens is 2. The molecule has 0 radical (unpaired) electrons. The zero-order valence-electron chi connectivity index (χ0n) is 8.23. The minimum Gasteiger partial charge on any atom is -0.295 e. The van der Waals surface area contributed by atoms with E-state index in [0.717, 1.165) is 10.0 Å². The molecule has 0 aliphatic carbocycles. The van der Waals surface area contributed by atoms with Gasteiger partial charge in [0.2, 0.25) is 0 Å². The second-order valence-electron chi connectivity index (χ2n) is 3.27. The predicted molar refractivity (Wildman–Crippen MR) is 66.8 cm³/mol. The molecule has 2 aromatic rings. The van der Waals surface area contributed by atoms with Crippen LogP contribution in [0.4, 0.5) is 0 Å². The van der Waals surface area contributed by atoms with Crippen LogP contribution in [0.3, 0.4) is 0 Å². The van der Waals surface area contributed by atoms with Gasteiger partial charge in [0.1, 0.15) is 5.15 Å². The van der Waals surface area contributed by atoms with Crippen LogP contribution in [0.25, 0.3) is 0 Å². The fourth-order valence-electron chi connectivity index (χ4n) is 1.33. The number of benzene rings is 1. The maximum atomic E-state index is 11.6. The van der Waals surface area contributed by atoms with Gasteiger partial charge < -0.3 is 0 Å². The molecule has 0 unspecified atom stereocenters. The van der Waals surface area contributed by atoms with Gasteiger partial charge >= 0.3 is 0 Å². The number of nitrogens with zero attached hydrogens (tertiary/aromatic N) is 2. The third kappa shape index (κ3) is 2.51. The highest BCUT2D eigenvalue weighted by molar-refractivity contribution is 9.10. The molecule has 0 aliphatic heterocycles. The van der Waals surface area contributed by atoms with E-state index in [4.69, 9.17) is 11.6 Å². The summed E-state index contributed by atoms with van der Waals surface area (Å²) < 4.78 is 2.48. The molecule has 0 N–H and O–H groups in total. The zero-order valence-corrected chi connectivity index (χ0v) is 10.6. The van der Waals surface area contributed by atoms with Crippen molar-refractivity contribution in [3.63, 3.8) is 0 Å². The van der Waals surface area contributed by atoms with Crippen LogP contribution in [0.2, 0.25) is 5.15 Å². The number of hydrogen-bond acceptors (Lipinski definition) is 2. The summed E-state index contributed by atoms with van der Waals surface area (Å²) in [5, 5.41) is 0.216. The van der Waals surface area contributed by atoms with Crippen molar-refractivity contribution in [2.24, 2.45) is 0 Å². The molecule has 3 nitrogen and oxygen atoms in total. The number of halogens is 2. The second kappa shape index (κ2) is 4.80. The lowest BCUT2D eigenvalue weighted by Crippen LogP contribution is -2.20. The van der Waals surface area contributed by atoms with Gasteiger partial charge in [0.25, 0.3) is 5.56 Å². The van der Waals surface area contributed by atoms with Crippen molar-refractivity contribution in [3.8, 4) is 0 Å². The topological polar surface area (TPSA) is 34.9 Å². The van der Waals surface area contributed by atoms with E-state index in [-0.39, 0.29) is 10.7 Å². The SMILES string of the molecule is O=c1cc(Cl)ncn1Cc1ccccc1Br. The Morgan fingerprint density at radius 1 is 1.38 bits per heavy atom. The van der Waals surface area contributed by atoms with Crippen LogP contribution in [-0.4, -0.2) is 9.55 Å². The molecule has 0 fully saturated rings. The normalized spacial score (nSPS) is 10.4. The van der Waals surface area contributed by atoms with Crippen molar-refractivity contribution >= 4 is 27.5 Å². The molecular weight excluding hydrogens is 291 g/mol. The van der Waals surface area contributed by atoms with Gasteiger partial charge in [0.15, 0.2) is 0 Å². The quantitative estimate of drug-likeness (QED) is 0.799. The van der Waals surface area contributed by atoms with Crippen molar-refractivity contribution in [3.05, 3.63) is 62.2 Å². The summed E-state index contributed by atoms with van der Waals surface area (Å²) >= 11 is 9.05. The van der Waals surface area contributed by atoms with E-state index >= 15 is 0 Å². The standard InChI is InChI=1S/C11H8BrClN2O/c12-9-4-2-1-3-8(9)6-15-7-14-10(13)5-11(15)16/h1-5,7H,6H2. The van der Waals surface area contributed by atoms with E-state index in [1.807, 2.05) is 24.3 Å². The largest absolute Gasteiger partial charge is 0.295 e. The molecule has 1 heterocycles. The summed E-state index contributed by atoms with van der Waals surface area (Å²) in [5.74, 6) is 0. The third-order valence-corrected chi connectivity index (χ3v) is 3.12. The van der Waals surface area contributed by atoms with Crippen LogP contribution in [0.1, 0.15) is 5.56 Å². The lowest BCUT2D eigenvalue weighted by Gasteiger charge is -2.06. The lowest BCUT2D eigenvalue weighted by atomic mass is 10.2. The molecule has 0 bridgehead atoms. The Hall–Kier alpha value is -1.13. The molecule has 0 spiro atoms. The summed E-state index contributed by atoms with van der Waals surface area (Å²) in [6.07, 6.45) is 1.45. The van der Waals surface area contributed by atoms with Crippen LogP contribution in [0.5, 0.6) is 0 Å². The van der Waals surface area contributed by atoms with Gasteiger partial charge in [0.05, 0.1) is 12.9 Å². The Kier molecular flexibility index (Phi) is 3.41. The van der Waals surface area contributed by atoms with Gasteiger partial charge in [-0.2, -0.15) is 0 Å². The summed E-state index contributed by atoms with van der Waals surface area (Å²) in [4.78, 5) is 15.5. The van der Waals surface area contributed by atoms with Crippen molar-refractivity contribution < 1.29 is 0 Å². The van der Waals surface area contributed by atoms with E-state index in [0.29, 0.717) is 6.54 Å². The molecule has 1 aromatic carbocycles. The highest BCUT2D eigenvalue weighted by Crippen LogP contribution is 2.16. The van der Waals surface area contributed by atoms with Gasteiger partial charge in [-0.05, 0) is 11.6 Å². The van der Waals surface area contributed by atoms with Crippen molar-refractivity contribution in [2.75, 3.05) is 0 Å². The smallest absolute Gasteiger partial charge is 0.255 e. The highest BCUT2D eigenvalue weighted by Gasteiger charge is 2.02. The Balaban J connectivity index is 2.35. The van der Waals surface area contributed by atoms with Gasteiger partial charge in [-0.1, -0.05) is 45.7 Å². The molecule has 0 aliphatic rings.